The number of thiazole rings is 1. The molecule has 9 heteroatoms. The Hall–Kier alpha value is -2.81. The second-order valence-corrected chi connectivity index (χ2v) is 7.73. The van der Waals surface area contributed by atoms with Gasteiger partial charge in [0.05, 0.1) is 26.3 Å². The Kier molecular flexibility index (Phi) is 7.29. The molecule has 0 bridgehead atoms. The lowest BCUT2D eigenvalue weighted by atomic mass is 9.96. The zero-order valence-electron chi connectivity index (χ0n) is 16.6. The average molecular weight is 419 g/mol. The van der Waals surface area contributed by atoms with Crippen molar-refractivity contribution >= 4 is 34.1 Å². The number of anilines is 2. The standard InChI is InChI=1S/C20H26N4O4S/c1-27-16-9-8-14(10-17(16)28-2)21-18(25)11-15-12-29-20(23-15)24-19(26)22-13-6-4-3-5-7-13/h8-10,12-13H,3-7,11H2,1-2H3,(H,21,25)(H2,22,23,24,26). The summed E-state index contributed by atoms with van der Waals surface area (Å²) in [6.07, 6.45) is 5.69. The van der Waals surface area contributed by atoms with Crippen molar-refractivity contribution in [2.45, 2.75) is 44.6 Å². The van der Waals surface area contributed by atoms with Gasteiger partial charge in [-0.15, -0.1) is 11.3 Å². The number of amides is 3. The number of carbonyl (C=O) groups excluding carboxylic acids is 2. The van der Waals surface area contributed by atoms with Crippen molar-refractivity contribution in [3.63, 3.8) is 0 Å². The quantitative estimate of drug-likeness (QED) is 0.635. The Bertz CT molecular complexity index is 849. The largest absolute Gasteiger partial charge is 0.493 e. The lowest BCUT2D eigenvalue weighted by molar-refractivity contribution is -0.115. The van der Waals surface area contributed by atoms with Gasteiger partial charge in [0.1, 0.15) is 0 Å². The Morgan fingerprint density at radius 1 is 1.10 bits per heavy atom. The fraction of sp³-hybridized carbons (Fsp3) is 0.450. The highest BCUT2D eigenvalue weighted by atomic mass is 32.1. The Morgan fingerprint density at radius 3 is 2.59 bits per heavy atom. The van der Waals surface area contributed by atoms with Crippen LogP contribution in [0.25, 0.3) is 0 Å². The van der Waals surface area contributed by atoms with E-state index in [4.69, 9.17) is 9.47 Å². The summed E-state index contributed by atoms with van der Waals surface area (Å²) in [5, 5.41) is 10.8. The molecule has 1 aliphatic carbocycles. The van der Waals surface area contributed by atoms with E-state index in [1.54, 1.807) is 30.7 Å². The molecule has 0 atom stereocenters. The molecule has 3 rings (SSSR count). The first-order valence-electron chi connectivity index (χ1n) is 9.61. The minimum absolute atomic E-state index is 0.108. The van der Waals surface area contributed by atoms with Crippen LogP contribution in [0.4, 0.5) is 15.6 Å². The highest BCUT2D eigenvalue weighted by molar-refractivity contribution is 7.13. The van der Waals surface area contributed by atoms with E-state index in [1.165, 1.54) is 24.9 Å². The first-order valence-corrected chi connectivity index (χ1v) is 10.5. The summed E-state index contributed by atoms with van der Waals surface area (Å²) >= 11 is 1.30. The van der Waals surface area contributed by atoms with E-state index < -0.39 is 0 Å². The molecule has 0 unspecified atom stereocenters. The predicted molar refractivity (Wildman–Crippen MR) is 113 cm³/mol. The maximum absolute atomic E-state index is 12.3. The maximum atomic E-state index is 12.3. The van der Waals surface area contributed by atoms with Crippen molar-refractivity contribution in [1.29, 1.82) is 0 Å². The van der Waals surface area contributed by atoms with Crippen LogP contribution in [0.3, 0.4) is 0 Å². The lowest BCUT2D eigenvalue weighted by Gasteiger charge is -2.22. The van der Waals surface area contributed by atoms with Gasteiger partial charge >= 0.3 is 6.03 Å². The molecule has 29 heavy (non-hydrogen) atoms. The number of hydrogen-bond acceptors (Lipinski definition) is 6. The minimum Gasteiger partial charge on any atom is -0.493 e. The van der Waals surface area contributed by atoms with E-state index >= 15 is 0 Å². The molecule has 1 aliphatic rings. The molecule has 1 heterocycles. The second kappa shape index (κ2) is 10.1. The van der Waals surface area contributed by atoms with Crippen molar-refractivity contribution < 1.29 is 19.1 Å². The highest BCUT2D eigenvalue weighted by Gasteiger charge is 2.17. The second-order valence-electron chi connectivity index (χ2n) is 6.87. The van der Waals surface area contributed by atoms with E-state index in [-0.39, 0.29) is 24.4 Å². The molecule has 156 valence electrons. The van der Waals surface area contributed by atoms with Crippen molar-refractivity contribution in [2.75, 3.05) is 24.9 Å². The number of benzene rings is 1. The number of methoxy groups -OCH3 is 2. The van der Waals surface area contributed by atoms with Crippen molar-refractivity contribution in [3.8, 4) is 11.5 Å². The summed E-state index contributed by atoms with van der Waals surface area (Å²) in [7, 11) is 3.09. The summed E-state index contributed by atoms with van der Waals surface area (Å²) in [5.74, 6) is 0.919. The summed E-state index contributed by atoms with van der Waals surface area (Å²) in [4.78, 5) is 28.7. The minimum atomic E-state index is -0.243. The van der Waals surface area contributed by atoms with E-state index in [1.807, 2.05) is 0 Å². The average Bonchev–Trinajstić information content (AvgIpc) is 3.14. The molecule has 3 amide bonds. The molecule has 0 radical (unpaired) electrons. The maximum Gasteiger partial charge on any atom is 0.321 e. The molecule has 2 aromatic rings. The van der Waals surface area contributed by atoms with Gasteiger partial charge < -0.3 is 20.1 Å². The zero-order chi connectivity index (χ0) is 20.6. The fourth-order valence-corrected chi connectivity index (χ4v) is 4.00. The van der Waals surface area contributed by atoms with E-state index in [0.717, 1.165) is 25.7 Å². The number of aromatic nitrogens is 1. The number of ether oxygens (including phenoxy) is 2. The highest BCUT2D eigenvalue weighted by Crippen LogP contribution is 2.29. The van der Waals surface area contributed by atoms with Gasteiger partial charge in [-0.3, -0.25) is 10.1 Å². The van der Waals surface area contributed by atoms with Gasteiger partial charge in [0.25, 0.3) is 0 Å². The molecular formula is C20H26N4O4S. The zero-order valence-corrected chi connectivity index (χ0v) is 17.4. The third-order valence-corrected chi connectivity index (χ3v) is 5.53. The summed E-state index contributed by atoms with van der Waals surface area (Å²) in [6, 6.07) is 5.15. The van der Waals surface area contributed by atoms with Crippen molar-refractivity contribution in [3.05, 3.63) is 29.3 Å². The van der Waals surface area contributed by atoms with E-state index in [9.17, 15) is 9.59 Å². The molecule has 1 aromatic carbocycles. The van der Waals surface area contributed by atoms with Gasteiger partial charge in [-0.1, -0.05) is 19.3 Å². The van der Waals surface area contributed by atoms with Crippen LogP contribution in [-0.2, 0) is 11.2 Å². The summed E-state index contributed by atoms with van der Waals surface area (Å²) < 4.78 is 10.4. The third kappa shape index (κ3) is 6.08. The number of nitrogens with zero attached hydrogens (tertiary/aromatic N) is 1. The number of carbonyl (C=O) groups is 2. The summed E-state index contributed by atoms with van der Waals surface area (Å²) in [5.41, 5.74) is 1.20. The lowest BCUT2D eigenvalue weighted by Crippen LogP contribution is -2.39. The van der Waals surface area contributed by atoms with Crippen LogP contribution in [0.15, 0.2) is 23.6 Å². The molecule has 1 saturated carbocycles. The van der Waals surface area contributed by atoms with Gasteiger partial charge in [0.15, 0.2) is 16.6 Å². The molecule has 0 spiro atoms. The summed E-state index contributed by atoms with van der Waals surface area (Å²) in [6.45, 7) is 0. The van der Waals surface area contributed by atoms with Gasteiger partial charge in [0.2, 0.25) is 5.91 Å². The van der Waals surface area contributed by atoms with Crippen LogP contribution >= 0.6 is 11.3 Å². The van der Waals surface area contributed by atoms with E-state index in [0.29, 0.717) is 28.0 Å². The fourth-order valence-electron chi connectivity index (χ4n) is 3.29. The third-order valence-electron chi connectivity index (χ3n) is 4.72. The molecule has 1 aromatic heterocycles. The number of nitrogens with one attached hydrogen (secondary N) is 3. The SMILES string of the molecule is COc1ccc(NC(=O)Cc2csc(NC(=O)NC3CCCCC3)n2)cc1OC. The van der Waals surface area contributed by atoms with Crippen LogP contribution in [-0.4, -0.2) is 37.2 Å². The molecule has 0 saturated heterocycles. The Balaban J connectivity index is 1.50. The number of hydrogen-bond donors (Lipinski definition) is 3. The van der Waals surface area contributed by atoms with Gasteiger partial charge in [-0.2, -0.15) is 0 Å². The van der Waals surface area contributed by atoms with Crippen molar-refractivity contribution in [2.24, 2.45) is 0 Å². The molecular weight excluding hydrogens is 392 g/mol. The molecule has 1 fully saturated rings. The monoisotopic (exact) mass is 418 g/mol. The van der Waals surface area contributed by atoms with Gasteiger partial charge in [-0.05, 0) is 25.0 Å². The number of urea groups is 1. The van der Waals surface area contributed by atoms with Crippen molar-refractivity contribution in [1.82, 2.24) is 10.3 Å². The normalized spacial score (nSPS) is 14.1. The molecule has 3 N–H and O–H groups in total. The van der Waals surface area contributed by atoms with Crippen LogP contribution < -0.4 is 25.4 Å². The molecule has 0 aliphatic heterocycles. The molecule has 8 nitrogen and oxygen atoms in total. The topological polar surface area (TPSA) is 102 Å². The van der Waals surface area contributed by atoms with Gasteiger partial charge in [0, 0.05) is 23.2 Å². The predicted octanol–water partition coefficient (Wildman–Crippen LogP) is 3.80. The van der Waals surface area contributed by atoms with Crippen LogP contribution in [0.1, 0.15) is 37.8 Å². The smallest absolute Gasteiger partial charge is 0.321 e. The number of rotatable bonds is 7. The van der Waals surface area contributed by atoms with Crippen LogP contribution in [0.5, 0.6) is 11.5 Å². The van der Waals surface area contributed by atoms with Crippen LogP contribution in [0.2, 0.25) is 0 Å². The first kappa shape index (κ1) is 20.9. The van der Waals surface area contributed by atoms with Crippen LogP contribution in [0, 0.1) is 0 Å². The van der Waals surface area contributed by atoms with Gasteiger partial charge in [-0.25, -0.2) is 9.78 Å². The Morgan fingerprint density at radius 2 is 1.86 bits per heavy atom. The first-order chi connectivity index (χ1) is 14.1. The Labute approximate surface area is 174 Å². The van der Waals surface area contributed by atoms with E-state index in [2.05, 4.69) is 20.9 Å².